The summed E-state index contributed by atoms with van der Waals surface area (Å²) in [6, 6.07) is 4.37. The van der Waals surface area contributed by atoms with E-state index >= 15 is 0 Å². The van der Waals surface area contributed by atoms with Crippen LogP contribution in [0, 0.1) is 5.41 Å². The molecule has 0 aliphatic heterocycles. The first-order chi connectivity index (χ1) is 8.16. The maximum atomic E-state index is 4.59. The minimum absolute atomic E-state index is 0.410. The van der Waals surface area contributed by atoms with E-state index in [1.165, 1.54) is 35.2 Å². The minimum atomic E-state index is 0.410. The average Bonchev–Trinajstić information content (AvgIpc) is 2.79. The van der Waals surface area contributed by atoms with Gasteiger partial charge >= 0.3 is 0 Å². The fourth-order valence-corrected chi connectivity index (χ4v) is 3.32. The van der Waals surface area contributed by atoms with Gasteiger partial charge in [0.05, 0.1) is 0 Å². The van der Waals surface area contributed by atoms with Crippen LogP contribution in [0.4, 0.5) is 0 Å². The molecule has 17 heavy (non-hydrogen) atoms. The van der Waals surface area contributed by atoms with Crippen molar-refractivity contribution < 1.29 is 0 Å². The fourth-order valence-electron chi connectivity index (χ4n) is 2.66. The highest BCUT2D eigenvalue weighted by atomic mass is 32.1. The minimum Gasteiger partial charge on any atom is -0.261 e. The highest BCUT2D eigenvalue weighted by Gasteiger charge is 2.27. The van der Waals surface area contributed by atoms with Crippen molar-refractivity contribution in [3.63, 3.8) is 0 Å². The molecule has 2 aromatic heterocycles. The summed E-state index contributed by atoms with van der Waals surface area (Å²) in [7, 11) is 0. The summed E-state index contributed by atoms with van der Waals surface area (Å²) in [5.74, 6) is 0. The number of pyridine rings is 1. The third kappa shape index (κ3) is 2.02. The molecule has 1 aliphatic carbocycles. The van der Waals surface area contributed by atoms with Gasteiger partial charge in [0.2, 0.25) is 0 Å². The molecule has 0 aromatic carbocycles. The predicted octanol–water partition coefficient (Wildman–Crippen LogP) is 4.33. The van der Waals surface area contributed by atoms with Crippen LogP contribution in [0.15, 0.2) is 29.1 Å². The summed E-state index contributed by atoms with van der Waals surface area (Å²) in [6.07, 6.45) is 5.51. The second-order valence-corrected chi connectivity index (χ2v) is 6.42. The SMILES string of the molecule is CC1(C)CCc2c(-c3ccsc3)ccnc2C1. The average molecular weight is 243 g/mol. The van der Waals surface area contributed by atoms with Gasteiger partial charge in [-0.2, -0.15) is 11.3 Å². The summed E-state index contributed by atoms with van der Waals surface area (Å²) < 4.78 is 0. The second kappa shape index (κ2) is 3.95. The Bertz CT molecular complexity index is 526. The zero-order valence-corrected chi connectivity index (χ0v) is 11.2. The van der Waals surface area contributed by atoms with Gasteiger partial charge in [0.15, 0.2) is 0 Å². The topological polar surface area (TPSA) is 12.9 Å². The molecule has 1 nitrogen and oxygen atoms in total. The van der Waals surface area contributed by atoms with Crippen LogP contribution < -0.4 is 0 Å². The van der Waals surface area contributed by atoms with Crippen LogP contribution in [-0.4, -0.2) is 4.98 Å². The van der Waals surface area contributed by atoms with Gasteiger partial charge in [0.1, 0.15) is 0 Å². The normalized spacial score (nSPS) is 17.8. The van der Waals surface area contributed by atoms with Crippen molar-refractivity contribution in [3.8, 4) is 11.1 Å². The number of nitrogens with zero attached hydrogens (tertiary/aromatic N) is 1. The fraction of sp³-hybridized carbons (Fsp3) is 0.400. The van der Waals surface area contributed by atoms with Crippen molar-refractivity contribution in [1.29, 1.82) is 0 Å². The van der Waals surface area contributed by atoms with Crippen molar-refractivity contribution in [2.45, 2.75) is 33.1 Å². The van der Waals surface area contributed by atoms with E-state index < -0.39 is 0 Å². The number of fused-ring (bicyclic) bond motifs is 1. The molecular formula is C15H17NS. The lowest BCUT2D eigenvalue weighted by Gasteiger charge is -2.31. The Morgan fingerprint density at radius 2 is 2.18 bits per heavy atom. The first-order valence-corrected chi connectivity index (χ1v) is 7.09. The highest BCUT2D eigenvalue weighted by Crippen LogP contribution is 2.38. The summed E-state index contributed by atoms with van der Waals surface area (Å²) in [6.45, 7) is 4.68. The zero-order valence-electron chi connectivity index (χ0n) is 10.4. The molecule has 3 rings (SSSR count). The molecule has 0 fully saturated rings. The molecule has 0 bridgehead atoms. The molecule has 2 aromatic rings. The number of rotatable bonds is 1. The molecule has 0 saturated heterocycles. The molecule has 1 aliphatic rings. The number of aromatic nitrogens is 1. The van der Waals surface area contributed by atoms with Gasteiger partial charge in [-0.1, -0.05) is 13.8 Å². The summed E-state index contributed by atoms with van der Waals surface area (Å²) in [5.41, 5.74) is 5.95. The lowest BCUT2D eigenvalue weighted by atomic mass is 9.75. The Hall–Kier alpha value is -1.15. The third-order valence-corrected chi connectivity index (χ3v) is 4.36. The second-order valence-electron chi connectivity index (χ2n) is 5.64. The van der Waals surface area contributed by atoms with E-state index in [9.17, 15) is 0 Å². The third-order valence-electron chi connectivity index (χ3n) is 3.67. The van der Waals surface area contributed by atoms with Crippen LogP contribution >= 0.6 is 11.3 Å². The number of hydrogen-bond donors (Lipinski definition) is 0. The smallest absolute Gasteiger partial charge is 0.0447 e. The predicted molar refractivity (Wildman–Crippen MR) is 73.4 cm³/mol. The van der Waals surface area contributed by atoms with E-state index in [2.05, 4.69) is 41.7 Å². The summed E-state index contributed by atoms with van der Waals surface area (Å²) >= 11 is 1.76. The van der Waals surface area contributed by atoms with Gasteiger partial charge in [-0.15, -0.1) is 0 Å². The Morgan fingerprint density at radius 1 is 1.29 bits per heavy atom. The maximum Gasteiger partial charge on any atom is 0.0447 e. The molecule has 2 heteroatoms. The Balaban J connectivity index is 2.09. The molecular weight excluding hydrogens is 226 g/mol. The molecule has 0 atom stereocenters. The lowest BCUT2D eigenvalue weighted by molar-refractivity contribution is 0.311. The van der Waals surface area contributed by atoms with Gasteiger partial charge < -0.3 is 0 Å². The first-order valence-electron chi connectivity index (χ1n) is 6.15. The van der Waals surface area contributed by atoms with Crippen LogP contribution in [0.5, 0.6) is 0 Å². The highest BCUT2D eigenvalue weighted by molar-refractivity contribution is 7.08. The lowest BCUT2D eigenvalue weighted by Crippen LogP contribution is -2.23. The molecule has 0 N–H and O–H groups in total. The Morgan fingerprint density at radius 3 is 2.94 bits per heavy atom. The molecule has 0 amide bonds. The summed E-state index contributed by atoms with van der Waals surface area (Å²) in [5, 5.41) is 4.38. The molecule has 88 valence electrons. The molecule has 0 saturated carbocycles. The van der Waals surface area contributed by atoms with E-state index in [1.807, 2.05) is 6.20 Å². The van der Waals surface area contributed by atoms with Crippen molar-refractivity contribution in [2.24, 2.45) is 5.41 Å². The van der Waals surface area contributed by atoms with Crippen LogP contribution in [0.1, 0.15) is 31.5 Å². The van der Waals surface area contributed by atoms with Crippen LogP contribution in [0.25, 0.3) is 11.1 Å². The van der Waals surface area contributed by atoms with Crippen molar-refractivity contribution in [1.82, 2.24) is 4.98 Å². The van der Waals surface area contributed by atoms with E-state index in [4.69, 9.17) is 0 Å². The molecule has 0 unspecified atom stereocenters. The Kier molecular flexibility index (Phi) is 2.55. The largest absolute Gasteiger partial charge is 0.261 e. The van der Waals surface area contributed by atoms with E-state index in [0.29, 0.717) is 5.41 Å². The number of hydrogen-bond acceptors (Lipinski definition) is 2. The number of thiophene rings is 1. The molecule has 0 spiro atoms. The van der Waals surface area contributed by atoms with Crippen molar-refractivity contribution in [3.05, 3.63) is 40.3 Å². The van der Waals surface area contributed by atoms with Gasteiger partial charge in [0.25, 0.3) is 0 Å². The Labute approximate surface area is 107 Å². The molecule has 0 radical (unpaired) electrons. The van der Waals surface area contributed by atoms with Crippen LogP contribution in [-0.2, 0) is 12.8 Å². The molecule has 2 heterocycles. The van der Waals surface area contributed by atoms with Crippen molar-refractivity contribution in [2.75, 3.05) is 0 Å². The zero-order chi connectivity index (χ0) is 11.9. The van der Waals surface area contributed by atoms with Gasteiger partial charge in [0, 0.05) is 11.9 Å². The standard InChI is InChI=1S/C15H17NS/c1-15(2)6-3-13-12(11-5-8-17-10-11)4-7-16-14(13)9-15/h4-5,7-8,10H,3,6,9H2,1-2H3. The van der Waals surface area contributed by atoms with Crippen LogP contribution in [0.2, 0.25) is 0 Å². The first kappa shape index (κ1) is 11.0. The van der Waals surface area contributed by atoms with E-state index in [-0.39, 0.29) is 0 Å². The quantitative estimate of drug-likeness (QED) is 0.726. The van der Waals surface area contributed by atoms with Gasteiger partial charge in [-0.25, -0.2) is 0 Å². The summed E-state index contributed by atoms with van der Waals surface area (Å²) in [4.78, 5) is 4.59. The van der Waals surface area contributed by atoms with Crippen LogP contribution in [0.3, 0.4) is 0 Å². The van der Waals surface area contributed by atoms with Crippen molar-refractivity contribution >= 4 is 11.3 Å². The maximum absolute atomic E-state index is 4.59. The van der Waals surface area contributed by atoms with E-state index in [1.54, 1.807) is 11.3 Å². The van der Waals surface area contributed by atoms with Gasteiger partial charge in [-0.3, -0.25) is 4.98 Å². The van der Waals surface area contributed by atoms with Gasteiger partial charge in [-0.05, 0) is 64.3 Å². The van der Waals surface area contributed by atoms with E-state index in [0.717, 1.165) is 6.42 Å². The monoisotopic (exact) mass is 243 g/mol.